The average molecular weight is 348 g/mol. The Balaban J connectivity index is 1.85. The number of nitrogens with zero attached hydrogens (tertiary/aromatic N) is 1. The number of hydrogen-bond donors (Lipinski definition) is 2. The summed E-state index contributed by atoms with van der Waals surface area (Å²) in [4.78, 5) is 26.6. The predicted octanol–water partition coefficient (Wildman–Crippen LogP) is 1.73. The first-order valence-electron chi connectivity index (χ1n) is 8.51. The summed E-state index contributed by atoms with van der Waals surface area (Å²) in [6, 6.07) is 4.89. The Bertz CT molecular complexity index is 671. The lowest BCUT2D eigenvalue weighted by atomic mass is 9.68. The van der Waals surface area contributed by atoms with Crippen molar-refractivity contribution in [2.45, 2.75) is 38.8 Å². The number of nitrogens with one attached hydrogen (secondary N) is 1. The third kappa shape index (κ3) is 3.21. The Morgan fingerprint density at radius 2 is 2.20 bits per heavy atom. The van der Waals surface area contributed by atoms with E-state index >= 15 is 0 Å². The first-order valence-corrected chi connectivity index (χ1v) is 8.51. The van der Waals surface area contributed by atoms with E-state index in [2.05, 4.69) is 0 Å². The summed E-state index contributed by atoms with van der Waals surface area (Å²) < 4.78 is 11.1. The second kappa shape index (κ2) is 7.01. The van der Waals surface area contributed by atoms with Gasteiger partial charge in [0, 0.05) is 24.8 Å². The number of amides is 2. The molecule has 25 heavy (non-hydrogen) atoms. The molecular formula is C18H24N2O5. The van der Waals surface area contributed by atoms with Crippen LogP contribution >= 0.6 is 0 Å². The number of methoxy groups -OCH3 is 1. The summed E-state index contributed by atoms with van der Waals surface area (Å²) in [5, 5.41) is 8.77. The van der Waals surface area contributed by atoms with Crippen molar-refractivity contribution in [3.05, 3.63) is 29.3 Å². The van der Waals surface area contributed by atoms with E-state index in [1.54, 1.807) is 30.8 Å². The fraction of sp³-hybridized carbons (Fsp3) is 0.556. The summed E-state index contributed by atoms with van der Waals surface area (Å²) in [7, 11) is 1.63. The molecule has 1 fully saturated rings. The average Bonchev–Trinajstić information content (AvgIpc) is 2.75. The number of benzene rings is 1. The van der Waals surface area contributed by atoms with E-state index in [0.29, 0.717) is 31.1 Å². The topological polar surface area (TPSA) is 88.1 Å². The van der Waals surface area contributed by atoms with Gasteiger partial charge in [-0.15, -0.1) is 0 Å². The normalized spacial score (nSPS) is 21.4. The number of carbonyl (C=O) groups excluding carboxylic acids is 2. The number of carbonyl (C=O) groups is 2. The molecule has 1 aliphatic carbocycles. The third-order valence-corrected chi connectivity index (χ3v) is 5.23. The van der Waals surface area contributed by atoms with Crippen LogP contribution in [0.4, 0.5) is 0 Å². The van der Waals surface area contributed by atoms with Crippen LogP contribution in [0.5, 0.6) is 5.75 Å². The maximum Gasteiger partial charge on any atom is 0.274 e. The van der Waals surface area contributed by atoms with Gasteiger partial charge in [-0.2, -0.15) is 0 Å². The van der Waals surface area contributed by atoms with Crippen LogP contribution in [0.25, 0.3) is 0 Å². The highest BCUT2D eigenvalue weighted by Gasteiger charge is 2.47. The zero-order valence-corrected chi connectivity index (χ0v) is 14.6. The zero-order valence-electron chi connectivity index (χ0n) is 14.6. The van der Waals surface area contributed by atoms with Crippen molar-refractivity contribution >= 4 is 11.8 Å². The monoisotopic (exact) mass is 348 g/mol. The van der Waals surface area contributed by atoms with Gasteiger partial charge in [0.15, 0.2) is 0 Å². The van der Waals surface area contributed by atoms with Crippen LogP contribution < -0.4 is 10.2 Å². The summed E-state index contributed by atoms with van der Waals surface area (Å²) >= 11 is 0. The van der Waals surface area contributed by atoms with Crippen molar-refractivity contribution in [2.75, 3.05) is 20.3 Å². The molecule has 0 aromatic heterocycles. The first kappa shape index (κ1) is 17.7. The fourth-order valence-corrected chi connectivity index (χ4v) is 3.54. The van der Waals surface area contributed by atoms with Gasteiger partial charge >= 0.3 is 0 Å². The molecule has 1 atom stereocenters. The van der Waals surface area contributed by atoms with Gasteiger partial charge in [0.25, 0.3) is 5.91 Å². The van der Waals surface area contributed by atoms with Crippen molar-refractivity contribution in [3.8, 4) is 5.75 Å². The molecule has 0 unspecified atom stereocenters. The molecule has 7 heteroatoms. The molecular weight excluding hydrogens is 324 g/mol. The molecule has 2 aliphatic rings. The van der Waals surface area contributed by atoms with E-state index in [9.17, 15) is 9.59 Å². The number of rotatable bonds is 4. The minimum Gasteiger partial charge on any atom is -0.491 e. The van der Waals surface area contributed by atoms with Gasteiger partial charge < -0.3 is 14.4 Å². The third-order valence-electron chi connectivity index (χ3n) is 5.23. The van der Waals surface area contributed by atoms with Crippen molar-refractivity contribution in [1.82, 2.24) is 10.4 Å². The molecule has 2 N–H and O–H groups in total. The quantitative estimate of drug-likeness (QED) is 0.639. The van der Waals surface area contributed by atoms with Gasteiger partial charge in [0.1, 0.15) is 12.4 Å². The molecule has 0 spiro atoms. The molecule has 136 valence electrons. The van der Waals surface area contributed by atoms with Crippen LogP contribution in [0.2, 0.25) is 0 Å². The molecule has 1 aromatic carbocycles. The van der Waals surface area contributed by atoms with E-state index in [1.165, 1.54) is 0 Å². The maximum absolute atomic E-state index is 13.2. The highest BCUT2D eigenvalue weighted by atomic mass is 16.5. The summed E-state index contributed by atoms with van der Waals surface area (Å²) in [6.07, 6.45) is 2.75. The van der Waals surface area contributed by atoms with Crippen molar-refractivity contribution in [2.24, 2.45) is 5.41 Å². The SMILES string of the molecule is COCC1(C(=O)N2Cc3ccc(C(=O)NO)cc3OC[C@@H]2C)CCC1. The van der Waals surface area contributed by atoms with Gasteiger partial charge in [0.05, 0.1) is 18.1 Å². The van der Waals surface area contributed by atoms with Crippen LogP contribution in [0, 0.1) is 5.41 Å². The molecule has 1 aromatic rings. The Hall–Kier alpha value is -2.12. The van der Waals surface area contributed by atoms with E-state index in [1.807, 2.05) is 11.8 Å². The minimum absolute atomic E-state index is 0.0793. The van der Waals surface area contributed by atoms with Crippen molar-refractivity contribution in [1.29, 1.82) is 0 Å². The van der Waals surface area contributed by atoms with E-state index in [-0.39, 0.29) is 11.9 Å². The standard InChI is InChI=1S/C18H24N2O5/c1-12-10-25-15-8-13(16(21)19-23)4-5-14(15)9-20(12)17(22)18(11-24-2)6-3-7-18/h4-5,8,12,23H,3,6-7,9-11H2,1-2H3,(H,19,21)/t12-/m0/s1. The largest absolute Gasteiger partial charge is 0.491 e. The van der Waals surface area contributed by atoms with Gasteiger partial charge in [-0.3, -0.25) is 14.8 Å². The fourth-order valence-electron chi connectivity index (χ4n) is 3.54. The number of ether oxygens (including phenoxy) is 2. The molecule has 1 heterocycles. The number of hydroxylamine groups is 1. The van der Waals surface area contributed by atoms with E-state index in [0.717, 1.165) is 24.8 Å². The second-order valence-corrected chi connectivity index (χ2v) is 6.92. The summed E-state index contributed by atoms with van der Waals surface area (Å²) in [5.74, 6) is 0.0875. The van der Waals surface area contributed by atoms with Gasteiger partial charge in [-0.05, 0) is 31.9 Å². The maximum atomic E-state index is 13.2. The van der Waals surface area contributed by atoms with Crippen LogP contribution in [0.3, 0.4) is 0 Å². The smallest absolute Gasteiger partial charge is 0.274 e. The molecule has 1 aliphatic heterocycles. The minimum atomic E-state index is -0.592. The first-order chi connectivity index (χ1) is 12.0. The summed E-state index contributed by atoms with van der Waals surface area (Å²) in [6.45, 7) is 3.19. The molecule has 0 bridgehead atoms. The molecule has 7 nitrogen and oxygen atoms in total. The van der Waals surface area contributed by atoms with Gasteiger partial charge in [0.2, 0.25) is 5.91 Å². The van der Waals surface area contributed by atoms with Gasteiger partial charge in [-0.25, -0.2) is 5.48 Å². The van der Waals surface area contributed by atoms with Crippen molar-refractivity contribution < 1.29 is 24.3 Å². The van der Waals surface area contributed by atoms with E-state index in [4.69, 9.17) is 14.7 Å². The van der Waals surface area contributed by atoms with Crippen LogP contribution in [-0.2, 0) is 16.1 Å². The second-order valence-electron chi connectivity index (χ2n) is 6.92. The molecule has 3 rings (SSSR count). The van der Waals surface area contributed by atoms with Crippen molar-refractivity contribution in [3.63, 3.8) is 0 Å². The predicted molar refractivity (Wildman–Crippen MR) is 89.4 cm³/mol. The van der Waals surface area contributed by atoms with E-state index < -0.39 is 11.3 Å². The van der Waals surface area contributed by atoms with Gasteiger partial charge in [-0.1, -0.05) is 12.5 Å². The Morgan fingerprint density at radius 3 is 2.80 bits per heavy atom. The Kier molecular flexibility index (Phi) is 4.96. The zero-order chi connectivity index (χ0) is 18.0. The molecule has 1 saturated carbocycles. The molecule has 2 amide bonds. The van der Waals surface area contributed by atoms with Crippen LogP contribution in [0.1, 0.15) is 42.1 Å². The highest BCUT2D eigenvalue weighted by Crippen LogP contribution is 2.44. The summed E-state index contributed by atoms with van der Waals surface area (Å²) in [5.41, 5.74) is 2.36. The van der Waals surface area contributed by atoms with Crippen LogP contribution in [0.15, 0.2) is 18.2 Å². The Morgan fingerprint density at radius 1 is 1.44 bits per heavy atom. The molecule has 0 radical (unpaired) electrons. The lowest BCUT2D eigenvalue weighted by Crippen LogP contribution is -2.53. The van der Waals surface area contributed by atoms with Crippen LogP contribution in [-0.4, -0.2) is 48.3 Å². The number of hydrogen-bond acceptors (Lipinski definition) is 5. The Labute approximate surface area is 146 Å². The highest BCUT2D eigenvalue weighted by molar-refractivity contribution is 5.94. The number of fused-ring (bicyclic) bond motifs is 1. The lowest BCUT2D eigenvalue weighted by Gasteiger charge is -2.44. The molecule has 0 saturated heterocycles. The lowest BCUT2D eigenvalue weighted by molar-refractivity contribution is -0.155.